The molecule has 100 valence electrons. The maximum Gasteiger partial charge on any atom is 0.163 e. The number of carbonyl (C=O) groups is 1. The minimum atomic E-state index is -1.59. The smallest absolute Gasteiger partial charge is 0.163 e. The Labute approximate surface area is 98.3 Å². The topological polar surface area (TPSA) is 127 Å². The van der Waals surface area contributed by atoms with Gasteiger partial charge in [0.2, 0.25) is 0 Å². The molecule has 0 saturated carbocycles. The third-order valence-electron chi connectivity index (χ3n) is 2.92. The molecule has 0 aliphatic carbocycles. The first-order valence-corrected chi connectivity index (χ1v) is 5.45. The third kappa shape index (κ3) is 2.82. The SMILES string of the molecule is CCC(=O)C(O)C1O[C@H](CO)[C@@H](O)[C@H](O)[C@H]1O. The van der Waals surface area contributed by atoms with E-state index in [1.165, 1.54) is 6.92 Å². The van der Waals surface area contributed by atoms with Crippen molar-refractivity contribution in [3.05, 3.63) is 0 Å². The van der Waals surface area contributed by atoms with Crippen molar-refractivity contribution in [3.8, 4) is 0 Å². The first-order valence-electron chi connectivity index (χ1n) is 5.45. The van der Waals surface area contributed by atoms with Gasteiger partial charge in [0.1, 0.15) is 36.6 Å². The van der Waals surface area contributed by atoms with Gasteiger partial charge in [-0.2, -0.15) is 0 Å². The summed E-state index contributed by atoms with van der Waals surface area (Å²) in [6, 6.07) is 0. The lowest BCUT2D eigenvalue weighted by Crippen LogP contribution is -2.62. The molecule has 1 aliphatic heterocycles. The van der Waals surface area contributed by atoms with Gasteiger partial charge < -0.3 is 30.3 Å². The van der Waals surface area contributed by atoms with E-state index < -0.39 is 49.0 Å². The number of Topliss-reactive ketones (excluding diaryl/α,β-unsaturated/α-hetero) is 1. The third-order valence-corrected chi connectivity index (χ3v) is 2.92. The molecule has 5 N–H and O–H groups in total. The van der Waals surface area contributed by atoms with Crippen LogP contribution in [0.3, 0.4) is 0 Å². The Bertz CT molecular complexity index is 267. The molecular weight excluding hydrogens is 232 g/mol. The molecule has 1 heterocycles. The predicted molar refractivity (Wildman–Crippen MR) is 55.1 cm³/mol. The van der Waals surface area contributed by atoms with E-state index in [2.05, 4.69) is 0 Å². The number of aliphatic hydroxyl groups is 5. The zero-order valence-corrected chi connectivity index (χ0v) is 9.43. The summed E-state index contributed by atoms with van der Waals surface area (Å²) in [5.41, 5.74) is 0. The lowest BCUT2D eigenvalue weighted by Gasteiger charge is -2.41. The minimum absolute atomic E-state index is 0.0518. The molecule has 6 atom stereocenters. The van der Waals surface area contributed by atoms with Crippen LogP contribution in [0.5, 0.6) is 0 Å². The quantitative estimate of drug-likeness (QED) is 0.364. The molecule has 1 fully saturated rings. The molecule has 0 amide bonds. The molecule has 1 aliphatic rings. The van der Waals surface area contributed by atoms with Crippen molar-refractivity contribution in [1.29, 1.82) is 0 Å². The second-order valence-corrected chi connectivity index (χ2v) is 4.06. The Hall–Kier alpha value is -0.570. The number of carbonyl (C=O) groups excluding carboxylic acids is 1. The zero-order chi connectivity index (χ0) is 13.2. The normalized spacial score (nSPS) is 40.0. The summed E-state index contributed by atoms with van der Waals surface area (Å²) in [6.45, 7) is 0.948. The summed E-state index contributed by atoms with van der Waals surface area (Å²) >= 11 is 0. The average molecular weight is 250 g/mol. The van der Waals surface area contributed by atoms with E-state index in [0.717, 1.165) is 0 Å². The molecule has 0 aromatic rings. The van der Waals surface area contributed by atoms with E-state index in [1.54, 1.807) is 0 Å². The highest BCUT2D eigenvalue weighted by Crippen LogP contribution is 2.23. The van der Waals surface area contributed by atoms with Crippen LogP contribution in [0.1, 0.15) is 13.3 Å². The molecule has 7 nitrogen and oxygen atoms in total. The fourth-order valence-electron chi connectivity index (χ4n) is 1.78. The Morgan fingerprint density at radius 1 is 1.24 bits per heavy atom. The van der Waals surface area contributed by atoms with Crippen LogP contribution in [0.25, 0.3) is 0 Å². The summed E-state index contributed by atoms with van der Waals surface area (Å²) in [7, 11) is 0. The van der Waals surface area contributed by atoms with E-state index in [1.807, 2.05) is 0 Å². The van der Waals surface area contributed by atoms with Crippen LogP contribution in [0.15, 0.2) is 0 Å². The molecule has 7 heteroatoms. The van der Waals surface area contributed by atoms with Crippen LogP contribution in [-0.2, 0) is 9.53 Å². The molecule has 0 bridgehead atoms. The van der Waals surface area contributed by atoms with Crippen LogP contribution < -0.4 is 0 Å². The summed E-state index contributed by atoms with van der Waals surface area (Å²) in [6.07, 6.45) is -8.66. The Morgan fingerprint density at radius 2 is 1.82 bits per heavy atom. The highest BCUT2D eigenvalue weighted by molar-refractivity contribution is 5.83. The molecule has 0 aromatic heterocycles. The van der Waals surface area contributed by atoms with E-state index in [4.69, 9.17) is 9.84 Å². The van der Waals surface area contributed by atoms with Gasteiger partial charge in [0.05, 0.1) is 6.61 Å². The average Bonchev–Trinajstić information content (AvgIpc) is 2.34. The number of ketones is 1. The first-order chi connectivity index (χ1) is 7.93. The molecule has 0 radical (unpaired) electrons. The largest absolute Gasteiger partial charge is 0.394 e. The minimum Gasteiger partial charge on any atom is -0.394 e. The molecule has 0 spiro atoms. The van der Waals surface area contributed by atoms with Gasteiger partial charge in [-0.05, 0) is 0 Å². The fourth-order valence-corrected chi connectivity index (χ4v) is 1.78. The first kappa shape index (κ1) is 14.5. The molecule has 2 unspecified atom stereocenters. The van der Waals surface area contributed by atoms with Crippen LogP contribution >= 0.6 is 0 Å². The van der Waals surface area contributed by atoms with Crippen LogP contribution in [0, 0.1) is 0 Å². The fraction of sp³-hybridized carbons (Fsp3) is 0.900. The number of ether oxygens (including phenoxy) is 1. The summed E-state index contributed by atoms with van der Waals surface area (Å²) in [5, 5.41) is 47.1. The molecule has 1 saturated heterocycles. The van der Waals surface area contributed by atoms with Gasteiger partial charge in [-0.3, -0.25) is 4.79 Å². The van der Waals surface area contributed by atoms with Gasteiger partial charge in [0.15, 0.2) is 5.78 Å². The highest BCUT2D eigenvalue weighted by atomic mass is 16.6. The number of hydrogen-bond acceptors (Lipinski definition) is 7. The maximum absolute atomic E-state index is 11.3. The predicted octanol–water partition coefficient (Wildman–Crippen LogP) is -2.83. The summed E-state index contributed by atoms with van der Waals surface area (Å²) < 4.78 is 5.03. The highest BCUT2D eigenvalue weighted by Gasteiger charge is 2.47. The molecule has 0 aromatic carbocycles. The van der Waals surface area contributed by atoms with Crippen molar-refractivity contribution in [3.63, 3.8) is 0 Å². The molecule has 17 heavy (non-hydrogen) atoms. The Balaban J connectivity index is 2.81. The van der Waals surface area contributed by atoms with Gasteiger partial charge in [0, 0.05) is 6.42 Å². The van der Waals surface area contributed by atoms with Crippen molar-refractivity contribution in [1.82, 2.24) is 0 Å². The van der Waals surface area contributed by atoms with Gasteiger partial charge in [-0.15, -0.1) is 0 Å². The van der Waals surface area contributed by atoms with Crippen molar-refractivity contribution in [2.24, 2.45) is 0 Å². The van der Waals surface area contributed by atoms with Crippen LogP contribution in [0.4, 0.5) is 0 Å². The van der Waals surface area contributed by atoms with Crippen molar-refractivity contribution >= 4 is 5.78 Å². The second-order valence-electron chi connectivity index (χ2n) is 4.06. The van der Waals surface area contributed by atoms with Gasteiger partial charge in [-0.1, -0.05) is 6.92 Å². The standard InChI is InChI=1S/C10H18O7/c1-2-4(12)6(13)10-9(16)8(15)7(14)5(3-11)17-10/h5-11,13-16H,2-3H2,1H3/t5-,6?,7-,8+,9-,10?/m1/s1. The van der Waals surface area contributed by atoms with Crippen LogP contribution in [0.2, 0.25) is 0 Å². The van der Waals surface area contributed by atoms with Gasteiger partial charge >= 0.3 is 0 Å². The Kier molecular flexibility index (Phi) is 4.99. The van der Waals surface area contributed by atoms with E-state index in [-0.39, 0.29) is 6.42 Å². The van der Waals surface area contributed by atoms with E-state index in [9.17, 15) is 25.2 Å². The van der Waals surface area contributed by atoms with Crippen molar-refractivity contribution in [2.45, 2.75) is 50.0 Å². The number of rotatable bonds is 4. The number of hydrogen-bond donors (Lipinski definition) is 5. The van der Waals surface area contributed by atoms with E-state index >= 15 is 0 Å². The Morgan fingerprint density at radius 3 is 2.29 bits per heavy atom. The summed E-state index contributed by atoms with van der Waals surface area (Å²) in [5.74, 6) is -0.547. The lowest BCUT2D eigenvalue weighted by molar-refractivity contribution is -0.246. The maximum atomic E-state index is 11.3. The molecular formula is C10H18O7. The number of aliphatic hydroxyl groups excluding tert-OH is 5. The lowest BCUT2D eigenvalue weighted by atomic mass is 9.90. The van der Waals surface area contributed by atoms with E-state index in [0.29, 0.717) is 0 Å². The van der Waals surface area contributed by atoms with Crippen molar-refractivity contribution in [2.75, 3.05) is 6.61 Å². The zero-order valence-electron chi connectivity index (χ0n) is 9.43. The summed E-state index contributed by atoms with van der Waals surface area (Å²) in [4.78, 5) is 11.3. The molecule has 1 rings (SSSR count). The van der Waals surface area contributed by atoms with Crippen LogP contribution in [-0.4, -0.2) is 74.5 Å². The monoisotopic (exact) mass is 250 g/mol. The van der Waals surface area contributed by atoms with Gasteiger partial charge in [0.25, 0.3) is 0 Å². The van der Waals surface area contributed by atoms with Crippen molar-refractivity contribution < 1.29 is 35.1 Å². The van der Waals surface area contributed by atoms with Gasteiger partial charge in [-0.25, -0.2) is 0 Å². The second kappa shape index (κ2) is 5.85.